The Morgan fingerprint density at radius 3 is 2.68 bits per heavy atom. The van der Waals surface area contributed by atoms with Crippen molar-refractivity contribution in [2.75, 3.05) is 18.0 Å². The summed E-state index contributed by atoms with van der Waals surface area (Å²) in [6, 6.07) is 8.28. The number of ether oxygens (including phenoxy) is 1. The lowest BCUT2D eigenvalue weighted by molar-refractivity contribution is 0.173. The van der Waals surface area contributed by atoms with Crippen LogP contribution < -0.4 is 9.64 Å². The fourth-order valence-electron chi connectivity index (χ4n) is 3.75. The van der Waals surface area contributed by atoms with Crippen LogP contribution in [0, 0.1) is 0 Å². The molecule has 1 saturated heterocycles. The summed E-state index contributed by atoms with van der Waals surface area (Å²) in [7, 11) is 0. The molecule has 128 valence electrons. The number of hydrogen-bond acceptors (Lipinski definition) is 4. The Bertz CT molecular complexity index is 878. The van der Waals surface area contributed by atoms with Crippen molar-refractivity contribution in [3.8, 4) is 5.75 Å². The van der Waals surface area contributed by atoms with Gasteiger partial charge in [-0.2, -0.15) is 0 Å². The second-order valence-corrected chi connectivity index (χ2v) is 7.04. The SMILES string of the molecule is c1cc(OC2CCN(c3nccnc3C3CC3)CC2)c2cc[nH]c2c1. The van der Waals surface area contributed by atoms with Crippen LogP contribution in [0.15, 0.2) is 42.9 Å². The first-order chi connectivity index (χ1) is 12.4. The number of H-pyrrole nitrogens is 1. The van der Waals surface area contributed by atoms with Crippen LogP contribution >= 0.6 is 0 Å². The second kappa shape index (κ2) is 6.06. The molecular weight excluding hydrogens is 312 g/mol. The lowest BCUT2D eigenvalue weighted by Gasteiger charge is -2.33. The normalized spacial score (nSPS) is 18.6. The third-order valence-corrected chi connectivity index (χ3v) is 5.26. The highest BCUT2D eigenvalue weighted by Gasteiger charge is 2.31. The van der Waals surface area contributed by atoms with Crippen molar-refractivity contribution >= 4 is 16.7 Å². The van der Waals surface area contributed by atoms with Gasteiger partial charge in [0.2, 0.25) is 0 Å². The number of aromatic nitrogens is 3. The summed E-state index contributed by atoms with van der Waals surface area (Å²) in [4.78, 5) is 14.8. The van der Waals surface area contributed by atoms with E-state index in [-0.39, 0.29) is 6.10 Å². The Morgan fingerprint density at radius 1 is 1.00 bits per heavy atom. The number of rotatable bonds is 4. The minimum atomic E-state index is 0.262. The van der Waals surface area contributed by atoms with Gasteiger partial charge in [-0.3, -0.25) is 4.98 Å². The molecule has 0 unspecified atom stereocenters. The number of fused-ring (bicyclic) bond motifs is 1. The highest BCUT2D eigenvalue weighted by Crippen LogP contribution is 2.42. The molecule has 1 saturated carbocycles. The predicted molar refractivity (Wildman–Crippen MR) is 98.2 cm³/mol. The van der Waals surface area contributed by atoms with E-state index in [1.54, 1.807) is 0 Å². The van der Waals surface area contributed by atoms with E-state index in [2.05, 4.69) is 38.1 Å². The summed E-state index contributed by atoms with van der Waals surface area (Å²) >= 11 is 0. The van der Waals surface area contributed by atoms with Gasteiger partial charge in [0.1, 0.15) is 11.9 Å². The van der Waals surface area contributed by atoms with Crippen molar-refractivity contribution in [1.29, 1.82) is 0 Å². The highest BCUT2D eigenvalue weighted by molar-refractivity contribution is 5.85. The zero-order chi connectivity index (χ0) is 16.6. The topological polar surface area (TPSA) is 54.0 Å². The Balaban J connectivity index is 1.28. The van der Waals surface area contributed by atoms with Gasteiger partial charge in [-0.05, 0) is 31.0 Å². The Morgan fingerprint density at radius 2 is 1.84 bits per heavy atom. The van der Waals surface area contributed by atoms with Crippen LogP contribution in [0.25, 0.3) is 10.9 Å². The molecule has 2 aliphatic rings. The van der Waals surface area contributed by atoms with Crippen LogP contribution in [0.2, 0.25) is 0 Å². The Hall–Kier alpha value is -2.56. The molecule has 1 aliphatic carbocycles. The van der Waals surface area contributed by atoms with Gasteiger partial charge in [-0.25, -0.2) is 4.98 Å². The van der Waals surface area contributed by atoms with Gasteiger partial charge < -0.3 is 14.6 Å². The molecule has 25 heavy (non-hydrogen) atoms. The Labute approximate surface area is 147 Å². The summed E-state index contributed by atoms with van der Waals surface area (Å²) in [5, 5.41) is 1.16. The fourth-order valence-corrected chi connectivity index (χ4v) is 3.75. The molecule has 0 radical (unpaired) electrons. The van der Waals surface area contributed by atoms with Crippen LogP contribution in [-0.4, -0.2) is 34.1 Å². The molecule has 2 fully saturated rings. The first-order valence-electron chi connectivity index (χ1n) is 9.17. The molecule has 2 aromatic heterocycles. The first kappa shape index (κ1) is 14.8. The number of hydrogen-bond donors (Lipinski definition) is 1. The summed E-state index contributed by atoms with van der Waals surface area (Å²) in [6.45, 7) is 1.96. The van der Waals surface area contributed by atoms with Crippen LogP contribution in [0.1, 0.15) is 37.3 Å². The maximum atomic E-state index is 6.32. The third kappa shape index (κ3) is 2.84. The van der Waals surface area contributed by atoms with E-state index in [1.807, 2.05) is 24.7 Å². The summed E-state index contributed by atoms with van der Waals surface area (Å²) in [5.41, 5.74) is 2.32. The van der Waals surface area contributed by atoms with E-state index >= 15 is 0 Å². The molecule has 0 amide bonds. The van der Waals surface area contributed by atoms with Crippen molar-refractivity contribution in [2.45, 2.75) is 37.7 Å². The van der Waals surface area contributed by atoms with Crippen molar-refractivity contribution in [2.24, 2.45) is 0 Å². The smallest absolute Gasteiger partial charge is 0.150 e. The summed E-state index contributed by atoms with van der Waals surface area (Å²) < 4.78 is 6.32. The van der Waals surface area contributed by atoms with E-state index in [4.69, 9.17) is 4.74 Å². The lowest BCUT2D eigenvalue weighted by atomic mass is 10.1. The third-order valence-electron chi connectivity index (χ3n) is 5.26. The zero-order valence-corrected chi connectivity index (χ0v) is 14.2. The summed E-state index contributed by atoms with van der Waals surface area (Å²) in [5.74, 6) is 2.70. The first-order valence-corrected chi connectivity index (χ1v) is 9.17. The van der Waals surface area contributed by atoms with Crippen molar-refractivity contribution < 1.29 is 4.74 Å². The molecule has 1 aromatic carbocycles. The minimum Gasteiger partial charge on any atom is -0.490 e. The number of benzene rings is 1. The predicted octanol–water partition coefficient (Wildman–Crippen LogP) is 3.88. The molecule has 0 atom stereocenters. The van der Waals surface area contributed by atoms with Crippen LogP contribution in [0.4, 0.5) is 5.82 Å². The maximum Gasteiger partial charge on any atom is 0.150 e. The molecular formula is C20H22N4O. The van der Waals surface area contributed by atoms with Gasteiger partial charge in [-0.15, -0.1) is 0 Å². The van der Waals surface area contributed by atoms with Gasteiger partial charge in [-0.1, -0.05) is 6.07 Å². The largest absolute Gasteiger partial charge is 0.490 e. The van der Waals surface area contributed by atoms with Crippen molar-refractivity contribution in [3.05, 3.63) is 48.5 Å². The molecule has 0 bridgehead atoms. The number of aromatic amines is 1. The average Bonchev–Trinajstić information content (AvgIpc) is 3.39. The van der Waals surface area contributed by atoms with Gasteiger partial charge >= 0.3 is 0 Å². The molecule has 1 N–H and O–H groups in total. The average molecular weight is 334 g/mol. The van der Waals surface area contributed by atoms with E-state index in [1.165, 1.54) is 18.5 Å². The monoisotopic (exact) mass is 334 g/mol. The fraction of sp³-hybridized carbons (Fsp3) is 0.400. The molecule has 3 aromatic rings. The second-order valence-electron chi connectivity index (χ2n) is 7.04. The van der Waals surface area contributed by atoms with Gasteiger partial charge in [0.15, 0.2) is 5.82 Å². The van der Waals surface area contributed by atoms with E-state index in [9.17, 15) is 0 Å². The standard InChI is InChI=1S/C20H22N4O/c1-2-17-16(6-9-21-17)18(3-1)25-15-7-12-24(13-8-15)20-19(14-4-5-14)22-10-11-23-20/h1-3,6,9-11,14-15,21H,4-5,7-8,12-13H2. The molecule has 3 heterocycles. The number of nitrogens with one attached hydrogen (secondary N) is 1. The van der Waals surface area contributed by atoms with Crippen LogP contribution in [0.5, 0.6) is 5.75 Å². The van der Waals surface area contributed by atoms with E-state index < -0.39 is 0 Å². The zero-order valence-electron chi connectivity index (χ0n) is 14.2. The van der Waals surface area contributed by atoms with E-state index in [0.717, 1.165) is 48.4 Å². The van der Waals surface area contributed by atoms with Gasteiger partial charge in [0.05, 0.1) is 5.69 Å². The van der Waals surface area contributed by atoms with Gasteiger partial charge in [0.25, 0.3) is 0 Å². The lowest BCUT2D eigenvalue weighted by Crippen LogP contribution is -2.39. The van der Waals surface area contributed by atoms with Crippen molar-refractivity contribution in [1.82, 2.24) is 15.0 Å². The van der Waals surface area contributed by atoms with E-state index in [0.29, 0.717) is 5.92 Å². The minimum absolute atomic E-state index is 0.262. The van der Waals surface area contributed by atoms with Crippen LogP contribution in [-0.2, 0) is 0 Å². The summed E-state index contributed by atoms with van der Waals surface area (Å²) in [6.07, 6.45) is 10.4. The van der Waals surface area contributed by atoms with Crippen LogP contribution in [0.3, 0.4) is 0 Å². The number of nitrogens with zero attached hydrogens (tertiary/aromatic N) is 3. The van der Waals surface area contributed by atoms with Gasteiger partial charge in [0, 0.05) is 61.3 Å². The Kier molecular flexibility index (Phi) is 3.58. The van der Waals surface area contributed by atoms with Crippen molar-refractivity contribution in [3.63, 3.8) is 0 Å². The number of anilines is 1. The highest BCUT2D eigenvalue weighted by atomic mass is 16.5. The molecule has 0 spiro atoms. The molecule has 5 nitrogen and oxygen atoms in total. The quantitative estimate of drug-likeness (QED) is 0.786. The molecule has 1 aliphatic heterocycles. The maximum absolute atomic E-state index is 6.32. The molecule has 5 heteroatoms. The molecule has 5 rings (SSSR count). The number of piperidine rings is 1.